The van der Waals surface area contributed by atoms with E-state index < -0.39 is 0 Å². The van der Waals surface area contributed by atoms with Gasteiger partial charge in [0.15, 0.2) is 0 Å². The maximum atomic E-state index is 13.2. The van der Waals surface area contributed by atoms with Gasteiger partial charge in [-0.25, -0.2) is 0 Å². The summed E-state index contributed by atoms with van der Waals surface area (Å²) in [4.78, 5) is 21.1. The van der Waals surface area contributed by atoms with E-state index in [4.69, 9.17) is 4.84 Å². The SMILES string of the molecule is CN(C)C(=O)[C@H]1CON(Cc2ccccc2)[C@H]1c1ccc2ccc3cccc4ccc1c2c34. The fraction of sp³-hybridized carbons (Fsp3) is 0.207. The number of carbonyl (C=O) groups excluding carboxylic acids is 1. The fourth-order valence-electron chi connectivity index (χ4n) is 5.38. The Morgan fingerprint density at radius 2 is 1.52 bits per heavy atom. The van der Waals surface area contributed by atoms with E-state index in [1.54, 1.807) is 4.90 Å². The molecule has 0 aromatic heterocycles. The molecule has 0 aliphatic carbocycles. The van der Waals surface area contributed by atoms with Crippen molar-refractivity contribution in [2.75, 3.05) is 20.7 Å². The molecule has 1 fully saturated rings. The van der Waals surface area contributed by atoms with Crippen LogP contribution in [0.3, 0.4) is 0 Å². The summed E-state index contributed by atoms with van der Waals surface area (Å²) in [6, 6.07) is 29.8. The summed E-state index contributed by atoms with van der Waals surface area (Å²) in [5.74, 6) is -0.163. The van der Waals surface area contributed by atoms with Gasteiger partial charge in [-0.2, -0.15) is 5.06 Å². The van der Waals surface area contributed by atoms with Gasteiger partial charge in [0.2, 0.25) is 5.91 Å². The van der Waals surface area contributed by atoms with Crippen molar-refractivity contribution < 1.29 is 9.63 Å². The van der Waals surface area contributed by atoms with E-state index in [9.17, 15) is 4.79 Å². The van der Waals surface area contributed by atoms with Gasteiger partial charge in [-0.3, -0.25) is 9.63 Å². The topological polar surface area (TPSA) is 32.8 Å². The van der Waals surface area contributed by atoms with Crippen LogP contribution in [-0.4, -0.2) is 36.6 Å². The average molecular weight is 435 g/mol. The Morgan fingerprint density at radius 3 is 2.24 bits per heavy atom. The number of hydrogen-bond acceptors (Lipinski definition) is 3. The van der Waals surface area contributed by atoms with Crippen molar-refractivity contribution in [2.45, 2.75) is 12.6 Å². The van der Waals surface area contributed by atoms with Crippen molar-refractivity contribution in [1.29, 1.82) is 0 Å². The molecule has 5 aromatic carbocycles. The highest BCUT2D eigenvalue weighted by atomic mass is 16.7. The van der Waals surface area contributed by atoms with Crippen LogP contribution in [0.2, 0.25) is 0 Å². The third-order valence-electron chi connectivity index (χ3n) is 6.93. The molecule has 1 saturated heterocycles. The van der Waals surface area contributed by atoms with Crippen LogP contribution in [0.5, 0.6) is 0 Å². The molecule has 1 aliphatic rings. The largest absolute Gasteiger partial charge is 0.348 e. The minimum Gasteiger partial charge on any atom is -0.348 e. The summed E-state index contributed by atoms with van der Waals surface area (Å²) < 4.78 is 0. The Bertz CT molecular complexity index is 1450. The lowest BCUT2D eigenvalue weighted by Gasteiger charge is -2.28. The molecule has 1 amide bonds. The molecule has 0 spiro atoms. The van der Waals surface area contributed by atoms with E-state index in [0.29, 0.717) is 13.2 Å². The first-order valence-corrected chi connectivity index (χ1v) is 11.4. The molecule has 0 bridgehead atoms. The first kappa shape index (κ1) is 20.2. The molecule has 5 aromatic rings. The molecule has 0 saturated carbocycles. The quantitative estimate of drug-likeness (QED) is 0.336. The first-order chi connectivity index (χ1) is 16.1. The molecule has 4 heteroatoms. The van der Waals surface area contributed by atoms with E-state index in [-0.39, 0.29) is 17.9 Å². The predicted molar refractivity (Wildman–Crippen MR) is 133 cm³/mol. The molecule has 1 aliphatic heterocycles. The van der Waals surface area contributed by atoms with Gasteiger partial charge in [0.1, 0.15) is 0 Å². The fourth-order valence-corrected chi connectivity index (χ4v) is 5.38. The third-order valence-corrected chi connectivity index (χ3v) is 6.93. The maximum absolute atomic E-state index is 13.2. The summed E-state index contributed by atoms with van der Waals surface area (Å²) in [6.45, 7) is 1.02. The highest BCUT2D eigenvalue weighted by Gasteiger charge is 2.42. The molecule has 0 unspecified atom stereocenters. The summed E-state index contributed by atoms with van der Waals surface area (Å²) in [6.07, 6.45) is 0. The summed E-state index contributed by atoms with van der Waals surface area (Å²) in [5.41, 5.74) is 2.31. The van der Waals surface area contributed by atoms with Gasteiger partial charge in [0.25, 0.3) is 0 Å². The number of hydroxylamine groups is 2. The number of nitrogens with zero attached hydrogens (tertiary/aromatic N) is 2. The number of carbonyl (C=O) groups is 1. The molecule has 164 valence electrons. The minimum absolute atomic E-state index is 0.0984. The van der Waals surface area contributed by atoms with Crippen molar-refractivity contribution in [3.63, 3.8) is 0 Å². The van der Waals surface area contributed by atoms with E-state index in [1.165, 1.54) is 32.3 Å². The standard InChI is InChI=1S/C29H26N2O2/c1-30(2)29(32)25-18-33-31(17-19-7-4-3-5-8-19)28(25)24-16-14-22-12-11-20-9-6-10-21-13-15-23(24)27(22)26(20)21/h3-16,25,28H,17-18H2,1-2H3/t25-,28-/m0/s1. The summed E-state index contributed by atoms with van der Waals surface area (Å²) in [7, 11) is 3.65. The normalized spacial score (nSPS) is 19.1. The van der Waals surface area contributed by atoms with Crippen LogP contribution in [0.1, 0.15) is 17.2 Å². The van der Waals surface area contributed by atoms with Crippen molar-refractivity contribution in [1.82, 2.24) is 9.96 Å². The lowest BCUT2D eigenvalue weighted by Crippen LogP contribution is -2.35. The Hall–Kier alpha value is -3.47. The zero-order chi connectivity index (χ0) is 22.5. The number of benzene rings is 5. The molecule has 1 heterocycles. The first-order valence-electron chi connectivity index (χ1n) is 11.4. The summed E-state index contributed by atoms with van der Waals surface area (Å²) in [5, 5.41) is 9.47. The molecule has 2 atom stereocenters. The third kappa shape index (κ3) is 3.26. The Kier molecular flexibility index (Phi) is 4.79. The molecule has 33 heavy (non-hydrogen) atoms. The van der Waals surface area contributed by atoms with Crippen molar-refractivity contribution in [3.05, 3.63) is 96.1 Å². The Balaban J connectivity index is 1.55. The van der Waals surface area contributed by atoms with Gasteiger partial charge in [-0.05, 0) is 43.4 Å². The molecular weight excluding hydrogens is 408 g/mol. The lowest BCUT2D eigenvalue weighted by molar-refractivity contribution is -0.141. The molecular formula is C29H26N2O2. The maximum Gasteiger partial charge on any atom is 0.229 e. The van der Waals surface area contributed by atoms with E-state index in [0.717, 1.165) is 11.1 Å². The van der Waals surface area contributed by atoms with Crippen LogP contribution in [0.15, 0.2) is 84.9 Å². The van der Waals surface area contributed by atoms with Gasteiger partial charge in [0.05, 0.1) is 18.6 Å². The van der Waals surface area contributed by atoms with Crippen molar-refractivity contribution in [3.8, 4) is 0 Å². The second-order valence-corrected chi connectivity index (χ2v) is 9.15. The Morgan fingerprint density at radius 1 is 0.848 bits per heavy atom. The lowest BCUT2D eigenvalue weighted by atomic mass is 9.86. The minimum atomic E-state index is -0.262. The van der Waals surface area contributed by atoms with Crippen LogP contribution in [0.4, 0.5) is 0 Å². The van der Waals surface area contributed by atoms with E-state index >= 15 is 0 Å². The summed E-state index contributed by atoms with van der Waals surface area (Å²) >= 11 is 0. The van der Waals surface area contributed by atoms with Gasteiger partial charge >= 0.3 is 0 Å². The highest BCUT2D eigenvalue weighted by Crippen LogP contribution is 2.43. The second-order valence-electron chi connectivity index (χ2n) is 9.15. The molecule has 0 N–H and O–H groups in total. The number of rotatable bonds is 4. The monoisotopic (exact) mass is 434 g/mol. The van der Waals surface area contributed by atoms with Gasteiger partial charge in [0, 0.05) is 20.6 Å². The zero-order valence-corrected chi connectivity index (χ0v) is 18.9. The van der Waals surface area contributed by atoms with Gasteiger partial charge in [-0.1, -0.05) is 84.9 Å². The van der Waals surface area contributed by atoms with E-state index in [1.807, 2.05) is 37.4 Å². The van der Waals surface area contributed by atoms with Crippen LogP contribution >= 0.6 is 0 Å². The number of amides is 1. The van der Waals surface area contributed by atoms with Crippen LogP contribution < -0.4 is 0 Å². The van der Waals surface area contributed by atoms with Gasteiger partial charge in [-0.15, -0.1) is 0 Å². The highest BCUT2D eigenvalue weighted by molar-refractivity contribution is 6.23. The van der Waals surface area contributed by atoms with Crippen molar-refractivity contribution in [2.24, 2.45) is 5.92 Å². The second kappa shape index (κ2) is 7.84. The van der Waals surface area contributed by atoms with Crippen LogP contribution in [0, 0.1) is 5.92 Å². The molecule has 0 radical (unpaired) electrons. The van der Waals surface area contributed by atoms with Crippen LogP contribution in [-0.2, 0) is 16.2 Å². The predicted octanol–water partition coefficient (Wildman–Crippen LogP) is 5.78. The van der Waals surface area contributed by atoms with Crippen LogP contribution in [0.25, 0.3) is 32.3 Å². The Labute approximate surface area is 193 Å². The van der Waals surface area contributed by atoms with E-state index in [2.05, 4.69) is 66.7 Å². The average Bonchev–Trinajstić information content (AvgIpc) is 3.25. The molecule has 6 rings (SSSR count). The van der Waals surface area contributed by atoms with Gasteiger partial charge < -0.3 is 4.90 Å². The van der Waals surface area contributed by atoms with Crippen molar-refractivity contribution >= 4 is 38.2 Å². The molecule has 4 nitrogen and oxygen atoms in total. The number of hydrogen-bond donors (Lipinski definition) is 0. The zero-order valence-electron chi connectivity index (χ0n) is 18.9. The smallest absolute Gasteiger partial charge is 0.229 e.